The lowest BCUT2D eigenvalue weighted by atomic mass is 10.0. The smallest absolute Gasteiger partial charge is 0.223 e. The molecule has 2 aliphatic heterocycles. The Labute approximate surface area is 143 Å². The van der Waals surface area contributed by atoms with Crippen LogP contribution in [0.2, 0.25) is 0 Å². The van der Waals surface area contributed by atoms with Gasteiger partial charge in [0.05, 0.1) is 5.75 Å². The molecule has 0 saturated carbocycles. The normalized spacial score (nSPS) is 25.6. The van der Waals surface area contributed by atoms with Crippen LogP contribution in [0.3, 0.4) is 0 Å². The summed E-state index contributed by atoms with van der Waals surface area (Å²) in [5.74, 6) is -0.0895. The number of allylic oxidation sites excluding steroid dienone is 1. The van der Waals surface area contributed by atoms with Crippen molar-refractivity contribution in [2.24, 2.45) is 5.92 Å². The Morgan fingerprint density at radius 3 is 2.71 bits per heavy atom. The first-order valence-corrected chi connectivity index (χ1v) is 10.1. The summed E-state index contributed by atoms with van der Waals surface area (Å²) < 4.78 is 23.0. The number of amides is 1. The Hall–Kier alpha value is -1.82. The summed E-state index contributed by atoms with van der Waals surface area (Å²) in [4.78, 5) is 16.7. The van der Waals surface area contributed by atoms with Crippen LogP contribution in [0.15, 0.2) is 41.8 Å². The maximum atomic E-state index is 12.5. The highest BCUT2D eigenvalue weighted by atomic mass is 32.2. The molecule has 130 valence electrons. The molecule has 0 aromatic heterocycles. The van der Waals surface area contributed by atoms with E-state index in [1.165, 1.54) is 11.1 Å². The zero-order valence-electron chi connectivity index (χ0n) is 14.0. The Morgan fingerprint density at radius 2 is 2.04 bits per heavy atom. The molecule has 1 aromatic carbocycles. The average molecular weight is 348 g/mol. The average Bonchev–Trinajstić information content (AvgIpc) is 2.93. The van der Waals surface area contributed by atoms with Crippen molar-refractivity contribution in [1.82, 2.24) is 4.90 Å². The highest BCUT2D eigenvalue weighted by molar-refractivity contribution is 7.94. The van der Waals surface area contributed by atoms with E-state index >= 15 is 0 Å². The summed E-state index contributed by atoms with van der Waals surface area (Å²) in [5, 5.41) is 1.24. The molecule has 5 nitrogen and oxygen atoms in total. The number of nitrogens with zero attached hydrogens (tertiary/aromatic N) is 2. The maximum absolute atomic E-state index is 12.5. The summed E-state index contributed by atoms with van der Waals surface area (Å²) in [7, 11) is -1.25. The van der Waals surface area contributed by atoms with Gasteiger partial charge in [-0.1, -0.05) is 24.3 Å². The van der Waals surface area contributed by atoms with Gasteiger partial charge in [0.2, 0.25) is 5.91 Å². The van der Waals surface area contributed by atoms with Gasteiger partial charge in [-0.2, -0.15) is 0 Å². The minimum atomic E-state index is -3.10. The van der Waals surface area contributed by atoms with E-state index in [9.17, 15) is 13.2 Å². The zero-order chi connectivity index (χ0) is 17.2. The molecule has 0 radical (unpaired) electrons. The summed E-state index contributed by atoms with van der Waals surface area (Å²) >= 11 is 0. The van der Waals surface area contributed by atoms with Crippen LogP contribution >= 0.6 is 0 Å². The first kappa shape index (κ1) is 17.0. The lowest BCUT2D eigenvalue weighted by molar-refractivity contribution is -0.132. The number of benzene rings is 1. The van der Waals surface area contributed by atoms with Gasteiger partial charge in [-0.25, -0.2) is 8.42 Å². The number of anilines is 1. The van der Waals surface area contributed by atoms with Gasteiger partial charge in [-0.3, -0.25) is 4.79 Å². The first-order chi connectivity index (χ1) is 11.4. The molecule has 3 rings (SSSR count). The Morgan fingerprint density at radius 1 is 1.29 bits per heavy atom. The van der Waals surface area contributed by atoms with E-state index in [1.807, 2.05) is 30.1 Å². The van der Waals surface area contributed by atoms with Crippen molar-refractivity contribution < 1.29 is 13.2 Å². The molecule has 0 aliphatic carbocycles. The van der Waals surface area contributed by atoms with E-state index in [4.69, 9.17) is 0 Å². The number of carbonyl (C=O) groups is 1. The van der Waals surface area contributed by atoms with Crippen molar-refractivity contribution in [2.75, 3.05) is 30.8 Å². The monoisotopic (exact) mass is 348 g/mol. The number of para-hydroxylation sites is 1. The fourth-order valence-electron chi connectivity index (χ4n) is 3.48. The molecule has 0 unspecified atom stereocenters. The molecule has 1 saturated heterocycles. The molecular formula is C18H24N2O3S. The summed E-state index contributed by atoms with van der Waals surface area (Å²) in [6.07, 6.45) is 3.96. The van der Waals surface area contributed by atoms with Crippen LogP contribution in [0, 0.1) is 5.92 Å². The van der Waals surface area contributed by atoms with Crippen LogP contribution in [-0.4, -0.2) is 51.2 Å². The molecule has 0 bridgehead atoms. The molecule has 0 spiro atoms. The number of piperidine rings is 1. The number of hydrogen-bond acceptors (Lipinski definition) is 4. The fraction of sp³-hybridized carbons (Fsp3) is 0.500. The van der Waals surface area contributed by atoms with Crippen LogP contribution in [0.1, 0.15) is 19.3 Å². The van der Waals surface area contributed by atoms with E-state index in [2.05, 4.69) is 17.0 Å². The first-order valence-electron chi connectivity index (χ1n) is 8.41. The lowest BCUT2D eigenvalue weighted by Gasteiger charge is -2.39. The second-order valence-electron chi connectivity index (χ2n) is 6.70. The van der Waals surface area contributed by atoms with Crippen molar-refractivity contribution in [1.29, 1.82) is 0 Å². The number of likely N-dealkylation sites (N-methyl/N-ethyl adjacent to an activating group) is 1. The summed E-state index contributed by atoms with van der Waals surface area (Å²) in [6, 6.07) is 10.4. The highest BCUT2D eigenvalue weighted by Gasteiger charge is 2.29. The van der Waals surface area contributed by atoms with E-state index in [0.717, 1.165) is 25.9 Å². The SMILES string of the molecule is CN(C(=O)C[C@@H]1C=CS(=O)(=O)C1)[C@H]1CCCN(c2ccccc2)C1. The summed E-state index contributed by atoms with van der Waals surface area (Å²) in [6.45, 7) is 1.83. The lowest BCUT2D eigenvalue weighted by Crippen LogP contribution is -2.49. The van der Waals surface area contributed by atoms with Gasteiger partial charge >= 0.3 is 0 Å². The van der Waals surface area contributed by atoms with Gasteiger partial charge in [0.25, 0.3) is 0 Å². The maximum Gasteiger partial charge on any atom is 0.223 e. The number of sulfone groups is 1. The van der Waals surface area contributed by atoms with Crippen molar-refractivity contribution in [3.63, 3.8) is 0 Å². The zero-order valence-corrected chi connectivity index (χ0v) is 14.8. The summed E-state index contributed by atoms with van der Waals surface area (Å²) in [5.41, 5.74) is 1.19. The molecule has 2 aliphatic rings. The standard InChI is InChI=1S/C18H24N2O3S/c1-19(18(21)12-15-9-11-24(22,23)14-15)17-8-5-10-20(13-17)16-6-3-2-4-7-16/h2-4,6-7,9,11,15,17H,5,8,10,12-14H2,1H3/t15-,17-/m0/s1. The van der Waals surface area contributed by atoms with Crippen LogP contribution in [0.5, 0.6) is 0 Å². The van der Waals surface area contributed by atoms with Gasteiger partial charge in [-0.15, -0.1) is 0 Å². The van der Waals surface area contributed by atoms with Gasteiger partial charge < -0.3 is 9.80 Å². The van der Waals surface area contributed by atoms with Gasteiger partial charge in [-0.05, 0) is 25.0 Å². The van der Waals surface area contributed by atoms with Crippen molar-refractivity contribution in [3.8, 4) is 0 Å². The van der Waals surface area contributed by atoms with Crippen LogP contribution < -0.4 is 4.90 Å². The molecule has 1 aromatic rings. The number of hydrogen-bond donors (Lipinski definition) is 0. The third-order valence-corrected chi connectivity index (χ3v) is 6.36. The van der Waals surface area contributed by atoms with Crippen LogP contribution in [-0.2, 0) is 14.6 Å². The quantitative estimate of drug-likeness (QED) is 0.836. The Kier molecular flexibility index (Phi) is 4.94. The molecule has 1 fully saturated rings. The van der Waals surface area contributed by atoms with Crippen molar-refractivity contribution in [2.45, 2.75) is 25.3 Å². The van der Waals surface area contributed by atoms with E-state index in [0.29, 0.717) is 0 Å². The molecule has 2 heterocycles. The number of carbonyl (C=O) groups excluding carboxylic acids is 1. The molecule has 24 heavy (non-hydrogen) atoms. The minimum Gasteiger partial charge on any atom is -0.369 e. The molecule has 6 heteroatoms. The molecule has 0 N–H and O–H groups in total. The van der Waals surface area contributed by atoms with Crippen molar-refractivity contribution in [3.05, 3.63) is 41.8 Å². The predicted molar refractivity (Wildman–Crippen MR) is 95.5 cm³/mol. The van der Waals surface area contributed by atoms with Gasteiger partial charge in [0.15, 0.2) is 9.84 Å². The van der Waals surface area contributed by atoms with Crippen molar-refractivity contribution >= 4 is 21.4 Å². The van der Waals surface area contributed by atoms with E-state index in [-0.39, 0.29) is 30.0 Å². The largest absolute Gasteiger partial charge is 0.369 e. The minimum absolute atomic E-state index is 0.0293. The topological polar surface area (TPSA) is 57.7 Å². The Balaban J connectivity index is 1.59. The Bertz CT molecular complexity index is 715. The van der Waals surface area contributed by atoms with Crippen LogP contribution in [0.4, 0.5) is 5.69 Å². The third-order valence-electron chi connectivity index (χ3n) is 4.90. The molecular weight excluding hydrogens is 324 g/mol. The van der Waals surface area contributed by atoms with Gasteiger partial charge in [0.1, 0.15) is 0 Å². The van der Waals surface area contributed by atoms with E-state index < -0.39 is 9.84 Å². The third kappa shape index (κ3) is 3.98. The van der Waals surface area contributed by atoms with Crippen LogP contribution in [0.25, 0.3) is 0 Å². The second kappa shape index (κ2) is 6.97. The number of rotatable bonds is 4. The second-order valence-corrected chi connectivity index (χ2v) is 8.64. The fourth-order valence-corrected chi connectivity index (χ4v) is 4.88. The van der Waals surface area contributed by atoms with Gasteiger partial charge in [0, 0.05) is 49.6 Å². The van der Waals surface area contributed by atoms with E-state index in [1.54, 1.807) is 6.08 Å². The molecule has 2 atom stereocenters. The highest BCUT2D eigenvalue weighted by Crippen LogP contribution is 2.24. The predicted octanol–water partition coefficient (Wildman–Crippen LogP) is 2.06. The molecule has 1 amide bonds.